The van der Waals surface area contributed by atoms with E-state index in [1.165, 1.54) is 0 Å². The molecule has 0 aromatic rings. The van der Waals surface area contributed by atoms with Crippen LogP contribution in [0.5, 0.6) is 0 Å². The third kappa shape index (κ3) is 26.7. The molecule has 2 atom stereocenters. The van der Waals surface area contributed by atoms with E-state index in [9.17, 15) is 24.0 Å². The van der Waals surface area contributed by atoms with Gasteiger partial charge in [0.15, 0.2) is 5.78 Å². The second-order valence-electron chi connectivity index (χ2n) is 15.7. The fraction of sp³-hybridized carbons (Fsp3) is 0.875. The molecule has 0 spiro atoms. The lowest BCUT2D eigenvalue weighted by molar-refractivity contribution is -0.132. The maximum Gasteiger partial charge on any atom is 0.220 e. The number of carbonyl (C=O) groups excluding carboxylic acids is 5. The van der Waals surface area contributed by atoms with Gasteiger partial charge in [0.05, 0.1) is 6.04 Å². The number of amides is 3. The minimum atomic E-state index is -0.633. The quantitative estimate of drug-likeness (QED) is 0.0636. The van der Waals surface area contributed by atoms with E-state index in [1.54, 1.807) is 0 Å². The van der Waals surface area contributed by atoms with Crippen LogP contribution in [-0.2, 0) is 24.0 Å². The van der Waals surface area contributed by atoms with Gasteiger partial charge < -0.3 is 16.0 Å². The van der Waals surface area contributed by atoms with Crippen LogP contribution in [0.1, 0.15) is 177 Å². The molecular weight excluding hydrogens is 602 g/mol. The van der Waals surface area contributed by atoms with Crippen LogP contribution in [0.25, 0.3) is 0 Å². The van der Waals surface area contributed by atoms with E-state index in [0.717, 1.165) is 77.0 Å². The van der Waals surface area contributed by atoms with Crippen LogP contribution < -0.4 is 16.0 Å². The van der Waals surface area contributed by atoms with Crippen LogP contribution in [-0.4, -0.2) is 48.4 Å². The van der Waals surface area contributed by atoms with Gasteiger partial charge in [0.25, 0.3) is 0 Å². The van der Waals surface area contributed by atoms with E-state index in [1.807, 2.05) is 13.8 Å². The predicted molar refractivity (Wildman–Crippen MR) is 199 cm³/mol. The molecule has 0 aliphatic rings. The molecule has 3 N–H and O–H groups in total. The van der Waals surface area contributed by atoms with E-state index in [0.29, 0.717) is 69.4 Å². The van der Waals surface area contributed by atoms with Gasteiger partial charge in [0.1, 0.15) is 5.78 Å². The first-order chi connectivity index (χ1) is 22.7. The molecule has 0 aromatic heterocycles. The standard InChI is InChI=1S/C40H75N3O5/c1-30(2)19-9-12-24-37(45)41-27-17-15-22-34(40(48)33(7)8)29-36(44)35(43-39(47)26-14-11-21-32(5)6)23-16-18-28-42-38(46)25-13-10-20-31(3)4/h30-35H,9-29H2,1-8H3,(H,41,45)(H,42,46)(H,43,47). The molecule has 0 rings (SSSR count). The summed E-state index contributed by atoms with van der Waals surface area (Å²) in [6.07, 6.45) is 14.6. The van der Waals surface area contributed by atoms with Gasteiger partial charge in [0.2, 0.25) is 17.7 Å². The van der Waals surface area contributed by atoms with Crippen LogP contribution in [0.2, 0.25) is 0 Å². The smallest absolute Gasteiger partial charge is 0.220 e. The Bertz CT molecular complexity index is 899. The molecule has 3 amide bonds. The van der Waals surface area contributed by atoms with E-state index in [4.69, 9.17) is 0 Å². The van der Waals surface area contributed by atoms with Gasteiger partial charge in [-0.15, -0.1) is 0 Å². The SMILES string of the molecule is CC(C)CCCCC(=O)NCCCCC(CC(=O)C(CCCCNC(=O)CCCCC(C)C)NC(=O)CCCCC(C)C)C(=O)C(C)C. The van der Waals surface area contributed by atoms with Crippen molar-refractivity contribution in [3.63, 3.8) is 0 Å². The molecule has 0 bridgehead atoms. The molecule has 280 valence electrons. The Morgan fingerprint density at radius 1 is 0.458 bits per heavy atom. The van der Waals surface area contributed by atoms with Crippen LogP contribution >= 0.6 is 0 Å². The lowest BCUT2D eigenvalue weighted by Crippen LogP contribution is -2.42. The van der Waals surface area contributed by atoms with Crippen LogP contribution in [0.15, 0.2) is 0 Å². The van der Waals surface area contributed by atoms with Crippen LogP contribution in [0.4, 0.5) is 0 Å². The van der Waals surface area contributed by atoms with Gasteiger partial charge in [-0.2, -0.15) is 0 Å². The average molecular weight is 678 g/mol. The number of hydrogen-bond acceptors (Lipinski definition) is 5. The number of nitrogens with one attached hydrogen (secondary N) is 3. The number of rotatable bonds is 31. The molecule has 0 saturated carbocycles. The molecule has 0 radical (unpaired) electrons. The van der Waals surface area contributed by atoms with Gasteiger partial charge >= 0.3 is 0 Å². The zero-order valence-corrected chi connectivity index (χ0v) is 32.4. The summed E-state index contributed by atoms with van der Waals surface area (Å²) in [6.45, 7) is 18.0. The normalized spacial score (nSPS) is 12.8. The Kier molecular flexibility index (Phi) is 27.2. The number of carbonyl (C=O) groups is 5. The van der Waals surface area contributed by atoms with Crippen LogP contribution in [0, 0.1) is 29.6 Å². The molecule has 8 heteroatoms. The molecule has 0 aliphatic carbocycles. The van der Waals surface area contributed by atoms with Crippen molar-refractivity contribution in [2.24, 2.45) is 29.6 Å². The fourth-order valence-electron chi connectivity index (χ4n) is 5.92. The number of ketones is 2. The second-order valence-corrected chi connectivity index (χ2v) is 15.7. The Hall–Kier alpha value is -2.25. The Morgan fingerprint density at radius 2 is 0.854 bits per heavy atom. The van der Waals surface area contributed by atoms with E-state index in [-0.39, 0.29) is 41.6 Å². The highest BCUT2D eigenvalue weighted by atomic mass is 16.2. The minimum Gasteiger partial charge on any atom is -0.356 e. The summed E-state index contributed by atoms with van der Waals surface area (Å²) in [5.74, 6) is 1.33. The molecule has 0 aliphatic heterocycles. The molecule has 8 nitrogen and oxygen atoms in total. The number of Topliss-reactive ketones (excluding diaryl/α,β-unsaturated/α-hetero) is 2. The van der Waals surface area contributed by atoms with E-state index in [2.05, 4.69) is 57.5 Å². The molecule has 0 aromatic carbocycles. The summed E-state index contributed by atoms with van der Waals surface area (Å²) in [7, 11) is 0. The Labute approximate surface area is 294 Å². The maximum atomic E-state index is 13.7. The largest absolute Gasteiger partial charge is 0.356 e. The molecule has 0 saturated heterocycles. The second kappa shape index (κ2) is 28.6. The molecule has 0 heterocycles. The van der Waals surface area contributed by atoms with Gasteiger partial charge in [-0.05, 0) is 69.1 Å². The molecule has 0 fully saturated rings. The van der Waals surface area contributed by atoms with Gasteiger partial charge in [-0.3, -0.25) is 24.0 Å². The summed E-state index contributed by atoms with van der Waals surface area (Å²) < 4.78 is 0. The Morgan fingerprint density at radius 3 is 1.27 bits per heavy atom. The fourth-order valence-corrected chi connectivity index (χ4v) is 5.92. The average Bonchev–Trinajstić information content (AvgIpc) is 3.01. The first-order valence-corrected chi connectivity index (χ1v) is 19.6. The van der Waals surface area contributed by atoms with Gasteiger partial charge in [0, 0.05) is 50.6 Å². The highest BCUT2D eigenvalue weighted by molar-refractivity contribution is 5.93. The first-order valence-electron chi connectivity index (χ1n) is 19.6. The maximum absolute atomic E-state index is 13.7. The molecule has 2 unspecified atom stereocenters. The van der Waals surface area contributed by atoms with Crippen molar-refractivity contribution in [1.29, 1.82) is 0 Å². The lowest BCUT2D eigenvalue weighted by atomic mass is 9.85. The van der Waals surface area contributed by atoms with Crippen molar-refractivity contribution >= 4 is 29.3 Å². The Balaban J connectivity index is 5.02. The topological polar surface area (TPSA) is 121 Å². The van der Waals surface area contributed by atoms with Crippen molar-refractivity contribution in [3.05, 3.63) is 0 Å². The third-order valence-electron chi connectivity index (χ3n) is 8.99. The predicted octanol–water partition coefficient (Wildman–Crippen LogP) is 8.49. The van der Waals surface area contributed by atoms with E-state index < -0.39 is 12.0 Å². The first kappa shape index (κ1) is 45.8. The van der Waals surface area contributed by atoms with Crippen molar-refractivity contribution in [2.45, 2.75) is 183 Å². The van der Waals surface area contributed by atoms with Crippen molar-refractivity contribution in [2.75, 3.05) is 13.1 Å². The highest BCUT2D eigenvalue weighted by Crippen LogP contribution is 2.21. The highest BCUT2D eigenvalue weighted by Gasteiger charge is 2.28. The summed E-state index contributed by atoms with van der Waals surface area (Å²) in [5.41, 5.74) is 0. The van der Waals surface area contributed by atoms with Gasteiger partial charge in [-0.25, -0.2) is 0 Å². The molecular formula is C40H75N3O5. The van der Waals surface area contributed by atoms with Crippen molar-refractivity contribution in [3.8, 4) is 0 Å². The summed E-state index contributed by atoms with van der Waals surface area (Å²) in [6, 6.07) is -0.633. The number of unbranched alkanes of at least 4 members (excludes halogenated alkanes) is 5. The van der Waals surface area contributed by atoms with Crippen molar-refractivity contribution in [1.82, 2.24) is 16.0 Å². The zero-order chi connectivity index (χ0) is 36.3. The van der Waals surface area contributed by atoms with Crippen LogP contribution in [0.3, 0.4) is 0 Å². The molecule has 48 heavy (non-hydrogen) atoms. The number of hydrogen-bond donors (Lipinski definition) is 3. The van der Waals surface area contributed by atoms with Crippen molar-refractivity contribution < 1.29 is 24.0 Å². The minimum absolute atomic E-state index is 0.0670. The monoisotopic (exact) mass is 678 g/mol. The summed E-state index contributed by atoms with van der Waals surface area (Å²) >= 11 is 0. The summed E-state index contributed by atoms with van der Waals surface area (Å²) in [5, 5.41) is 8.99. The zero-order valence-electron chi connectivity index (χ0n) is 32.4. The van der Waals surface area contributed by atoms with E-state index >= 15 is 0 Å². The third-order valence-corrected chi connectivity index (χ3v) is 8.99. The van der Waals surface area contributed by atoms with Gasteiger partial charge in [-0.1, -0.05) is 100 Å². The lowest BCUT2D eigenvalue weighted by Gasteiger charge is -2.22. The summed E-state index contributed by atoms with van der Waals surface area (Å²) in [4.78, 5) is 64.1.